The molecule has 0 aromatic heterocycles. The van der Waals surface area contributed by atoms with Crippen molar-refractivity contribution in [3.05, 3.63) is 54.6 Å². The summed E-state index contributed by atoms with van der Waals surface area (Å²) in [7, 11) is 3.08. The van der Waals surface area contributed by atoms with Gasteiger partial charge in [0.1, 0.15) is 24.4 Å². The second kappa shape index (κ2) is 10.1. The van der Waals surface area contributed by atoms with Crippen molar-refractivity contribution < 1.29 is 23.9 Å². The number of hydrogen-bond acceptors (Lipinski definition) is 6. The molecule has 0 atom stereocenters. The van der Waals surface area contributed by atoms with Crippen LogP contribution in [0.4, 0.5) is 11.4 Å². The van der Waals surface area contributed by atoms with Crippen LogP contribution in [0.15, 0.2) is 54.6 Å². The maximum Gasteiger partial charge on any atom is 0.250 e. The molecule has 2 aliphatic heterocycles. The van der Waals surface area contributed by atoms with Crippen LogP contribution in [0, 0.1) is 0 Å². The highest BCUT2D eigenvalue weighted by Gasteiger charge is 2.54. The molecular weight excluding hydrogens is 436 g/mol. The molecule has 3 amide bonds. The molecule has 2 aliphatic rings. The van der Waals surface area contributed by atoms with E-state index in [9.17, 15) is 14.4 Å². The number of amides is 3. The van der Waals surface area contributed by atoms with Gasteiger partial charge >= 0.3 is 0 Å². The summed E-state index contributed by atoms with van der Waals surface area (Å²) in [4.78, 5) is 44.2. The molecule has 2 heterocycles. The Morgan fingerprint density at radius 3 is 2.29 bits per heavy atom. The number of hydrogen-bond donors (Lipinski definition) is 1. The minimum Gasteiger partial charge on any atom is -0.497 e. The minimum absolute atomic E-state index is 0.0288. The first-order chi connectivity index (χ1) is 16.5. The highest BCUT2D eigenvalue weighted by Crippen LogP contribution is 2.39. The standard InChI is InChI=1S/C25H30N4O5/c1-33-17-23(31)27-14-12-25(13-15-27)24(32)28(18-29(25)20-6-4-3-5-7-20)16-22(30)26-19-8-10-21(34-2)11-9-19/h3-11H,12-18H2,1-2H3,(H,26,30). The summed E-state index contributed by atoms with van der Waals surface area (Å²) in [6, 6.07) is 16.8. The Morgan fingerprint density at radius 1 is 1.00 bits per heavy atom. The zero-order valence-corrected chi connectivity index (χ0v) is 19.5. The van der Waals surface area contributed by atoms with Gasteiger partial charge in [-0.1, -0.05) is 18.2 Å². The Balaban J connectivity index is 1.50. The predicted molar refractivity (Wildman–Crippen MR) is 128 cm³/mol. The number of methoxy groups -OCH3 is 2. The van der Waals surface area contributed by atoms with E-state index in [0.717, 1.165) is 5.69 Å². The number of anilines is 2. The number of carbonyl (C=O) groups excluding carboxylic acids is 3. The molecule has 9 heteroatoms. The monoisotopic (exact) mass is 466 g/mol. The smallest absolute Gasteiger partial charge is 0.250 e. The second-order valence-corrected chi connectivity index (χ2v) is 8.53. The number of ether oxygens (including phenoxy) is 2. The quantitative estimate of drug-likeness (QED) is 0.671. The van der Waals surface area contributed by atoms with Crippen molar-refractivity contribution in [2.75, 3.05) is 57.3 Å². The second-order valence-electron chi connectivity index (χ2n) is 8.53. The van der Waals surface area contributed by atoms with Crippen LogP contribution in [0.1, 0.15) is 12.8 Å². The fourth-order valence-electron chi connectivity index (χ4n) is 4.71. The molecule has 180 valence electrons. The Bertz CT molecular complexity index is 1020. The SMILES string of the molecule is COCC(=O)N1CCC2(CC1)C(=O)N(CC(=O)Nc1ccc(OC)cc1)CN2c1ccccc1. The van der Waals surface area contributed by atoms with E-state index in [1.807, 2.05) is 30.3 Å². The van der Waals surface area contributed by atoms with Gasteiger partial charge in [-0.25, -0.2) is 0 Å². The molecule has 1 N–H and O–H groups in total. The molecule has 0 saturated carbocycles. The first kappa shape index (κ1) is 23.6. The molecule has 0 radical (unpaired) electrons. The van der Waals surface area contributed by atoms with Crippen LogP contribution in [-0.4, -0.2) is 80.2 Å². The average Bonchev–Trinajstić information content (AvgIpc) is 3.11. The van der Waals surface area contributed by atoms with Crippen LogP contribution < -0.4 is 15.0 Å². The normalized spacial score (nSPS) is 17.2. The van der Waals surface area contributed by atoms with Gasteiger partial charge in [-0.3, -0.25) is 14.4 Å². The first-order valence-corrected chi connectivity index (χ1v) is 11.3. The van der Waals surface area contributed by atoms with E-state index < -0.39 is 5.54 Å². The number of piperidine rings is 1. The van der Waals surface area contributed by atoms with E-state index in [-0.39, 0.29) is 30.9 Å². The van der Waals surface area contributed by atoms with Crippen molar-refractivity contribution in [1.82, 2.24) is 9.80 Å². The lowest BCUT2D eigenvalue weighted by molar-refractivity contribution is -0.141. The van der Waals surface area contributed by atoms with Gasteiger partial charge < -0.3 is 29.5 Å². The lowest BCUT2D eigenvalue weighted by Gasteiger charge is -2.43. The summed E-state index contributed by atoms with van der Waals surface area (Å²) >= 11 is 0. The number of para-hydroxylation sites is 1. The Labute approximate surface area is 199 Å². The summed E-state index contributed by atoms with van der Waals surface area (Å²) in [5.74, 6) is 0.268. The largest absolute Gasteiger partial charge is 0.497 e. The summed E-state index contributed by atoms with van der Waals surface area (Å²) in [6.07, 6.45) is 0.986. The fourth-order valence-corrected chi connectivity index (χ4v) is 4.71. The summed E-state index contributed by atoms with van der Waals surface area (Å²) in [5, 5.41) is 2.85. The van der Waals surface area contributed by atoms with Gasteiger partial charge in [0.25, 0.3) is 5.91 Å². The van der Waals surface area contributed by atoms with Gasteiger partial charge in [-0.2, -0.15) is 0 Å². The van der Waals surface area contributed by atoms with Gasteiger partial charge in [0, 0.05) is 31.6 Å². The number of likely N-dealkylation sites (tertiary alicyclic amines) is 1. The number of rotatable bonds is 7. The summed E-state index contributed by atoms with van der Waals surface area (Å²) in [5.41, 5.74) is 0.772. The van der Waals surface area contributed by atoms with Crippen molar-refractivity contribution in [2.24, 2.45) is 0 Å². The Hall–Kier alpha value is -3.59. The van der Waals surface area contributed by atoms with Gasteiger partial charge in [-0.05, 0) is 49.2 Å². The van der Waals surface area contributed by atoms with Gasteiger partial charge in [0.05, 0.1) is 13.8 Å². The molecule has 0 unspecified atom stereocenters. The lowest BCUT2D eigenvalue weighted by Crippen LogP contribution is -2.57. The van der Waals surface area contributed by atoms with Crippen LogP contribution in [0.5, 0.6) is 5.75 Å². The van der Waals surface area contributed by atoms with E-state index in [1.165, 1.54) is 7.11 Å². The van der Waals surface area contributed by atoms with Crippen molar-refractivity contribution in [3.8, 4) is 5.75 Å². The minimum atomic E-state index is -0.786. The van der Waals surface area contributed by atoms with E-state index in [2.05, 4.69) is 10.2 Å². The zero-order valence-electron chi connectivity index (χ0n) is 19.5. The molecule has 1 spiro atoms. The Kier molecular flexibility index (Phi) is 7.02. The van der Waals surface area contributed by atoms with Gasteiger partial charge in [0.2, 0.25) is 11.8 Å². The third-order valence-corrected chi connectivity index (χ3v) is 6.50. The van der Waals surface area contributed by atoms with Crippen LogP contribution in [0.3, 0.4) is 0 Å². The van der Waals surface area contributed by atoms with Gasteiger partial charge in [0.15, 0.2) is 0 Å². The molecular formula is C25H30N4O5. The van der Waals surface area contributed by atoms with Crippen molar-refractivity contribution in [3.63, 3.8) is 0 Å². The lowest BCUT2D eigenvalue weighted by atomic mass is 9.85. The van der Waals surface area contributed by atoms with Gasteiger partial charge in [-0.15, -0.1) is 0 Å². The zero-order chi connectivity index (χ0) is 24.1. The third-order valence-electron chi connectivity index (χ3n) is 6.50. The fraction of sp³-hybridized carbons (Fsp3) is 0.400. The summed E-state index contributed by atoms with van der Waals surface area (Å²) in [6.45, 7) is 1.21. The van der Waals surface area contributed by atoms with E-state index in [4.69, 9.17) is 9.47 Å². The molecule has 9 nitrogen and oxygen atoms in total. The molecule has 2 aromatic carbocycles. The van der Waals surface area contributed by atoms with Crippen LogP contribution in [0.2, 0.25) is 0 Å². The first-order valence-electron chi connectivity index (χ1n) is 11.3. The molecule has 2 aromatic rings. The average molecular weight is 467 g/mol. The number of nitrogens with zero attached hydrogens (tertiary/aromatic N) is 3. The summed E-state index contributed by atoms with van der Waals surface area (Å²) < 4.78 is 10.1. The van der Waals surface area contributed by atoms with Crippen LogP contribution in [0.25, 0.3) is 0 Å². The van der Waals surface area contributed by atoms with Crippen molar-refractivity contribution in [1.29, 1.82) is 0 Å². The highest BCUT2D eigenvalue weighted by molar-refractivity contribution is 5.99. The van der Waals surface area contributed by atoms with E-state index in [1.54, 1.807) is 41.2 Å². The molecule has 34 heavy (non-hydrogen) atoms. The third kappa shape index (κ3) is 4.70. The number of carbonyl (C=O) groups is 3. The van der Waals surface area contributed by atoms with Crippen LogP contribution >= 0.6 is 0 Å². The van der Waals surface area contributed by atoms with Crippen molar-refractivity contribution in [2.45, 2.75) is 18.4 Å². The molecule has 0 bridgehead atoms. The Morgan fingerprint density at radius 2 is 1.68 bits per heavy atom. The van der Waals surface area contributed by atoms with E-state index in [0.29, 0.717) is 44.0 Å². The predicted octanol–water partition coefficient (Wildman–Crippen LogP) is 1.95. The maximum atomic E-state index is 13.7. The maximum absolute atomic E-state index is 13.7. The number of nitrogens with one attached hydrogen (secondary N) is 1. The topological polar surface area (TPSA) is 91.4 Å². The molecule has 2 saturated heterocycles. The molecule has 0 aliphatic carbocycles. The highest BCUT2D eigenvalue weighted by atomic mass is 16.5. The van der Waals surface area contributed by atoms with E-state index >= 15 is 0 Å². The van der Waals surface area contributed by atoms with Crippen molar-refractivity contribution >= 4 is 29.1 Å². The molecule has 2 fully saturated rings. The van der Waals surface area contributed by atoms with Crippen LogP contribution in [-0.2, 0) is 19.1 Å². The number of benzene rings is 2. The molecule has 4 rings (SSSR count).